The summed E-state index contributed by atoms with van der Waals surface area (Å²) >= 11 is 0. The maximum Gasteiger partial charge on any atom is 0.303 e. The van der Waals surface area contributed by atoms with Gasteiger partial charge in [-0.05, 0) is 82.4 Å². The van der Waals surface area contributed by atoms with E-state index in [-0.39, 0.29) is 24.4 Å². The number of hydrogen-bond acceptors (Lipinski definition) is 13. The fourth-order valence-corrected chi connectivity index (χ4v) is 10.3. The molecule has 0 aromatic carbocycles. The van der Waals surface area contributed by atoms with Crippen molar-refractivity contribution in [2.45, 2.75) is 130 Å². The molecule has 0 aromatic rings. The van der Waals surface area contributed by atoms with E-state index in [1.807, 2.05) is 26.8 Å². The topological polar surface area (TPSA) is 217 Å². The first kappa shape index (κ1) is 39.4. The van der Waals surface area contributed by atoms with Gasteiger partial charge in [-0.2, -0.15) is 0 Å². The molecule has 51 heavy (non-hydrogen) atoms. The number of rotatable bonds is 8. The predicted molar refractivity (Wildman–Crippen MR) is 180 cm³/mol. The van der Waals surface area contributed by atoms with Crippen LogP contribution in [0.25, 0.3) is 0 Å². The van der Waals surface area contributed by atoms with Gasteiger partial charge in [-0.3, -0.25) is 19.2 Å². The molecule has 0 bridgehead atoms. The van der Waals surface area contributed by atoms with Crippen LogP contribution in [0.1, 0.15) is 81.6 Å². The number of aliphatic hydroxyl groups is 6. The monoisotopic (exact) mass is 718 g/mol. The lowest BCUT2D eigenvalue weighted by molar-refractivity contribution is -0.291. The lowest BCUT2D eigenvalue weighted by atomic mass is 9.39. The number of Topliss-reactive ketones (excluding diaryl/α,β-unsaturated/α-hetero) is 2. The van der Waals surface area contributed by atoms with Crippen molar-refractivity contribution in [3.63, 3.8) is 0 Å². The molecule has 2 saturated carbocycles. The summed E-state index contributed by atoms with van der Waals surface area (Å²) in [7, 11) is 0. The van der Waals surface area contributed by atoms with Crippen LogP contribution < -0.4 is 0 Å². The predicted octanol–water partition coefficient (Wildman–Crippen LogP) is 1.45. The van der Waals surface area contributed by atoms with E-state index in [1.165, 1.54) is 19.9 Å². The van der Waals surface area contributed by atoms with E-state index >= 15 is 0 Å². The zero-order valence-electron chi connectivity index (χ0n) is 30.9. The molecule has 5 aliphatic rings. The van der Waals surface area contributed by atoms with Gasteiger partial charge in [0.05, 0.1) is 18.1 Å². The summed E-state index contributed by atoms with van der Waals surface area (Å²) in [5.74, 6) is -4.17. The van der Waals surface area contributed by atoms with E-state index in [0.29, 0.717) is 12.0 Å². The molecule has 0 radical (unpaired) electrons. The summed E-state index contributed by atoms with van der Waals surface area (Å²) in [5.41, 5.74) is -6.62. The van der Waals surface area contributed by atoms with Gasteiger partial charge >= 0.3 is 5.97 Å². The SMILES string of the molecule is CC(=O)OC(C)(C)C=CC(=O)[C@](C)(O)[C@H]1[C@H](O)C[C@@]2(C)[C@@H]3CC=C4[C@@H](C=C(O[C@@H]5O[C@H](CO)[C@@H](O)[C@H](O)[C@H]5O)C(=O)C4(C)C)[C@]3(C)C(=O)C[C@]12C. The molecule has 13 heteroatoms. The molecule has 6 N–H and O–H groups in total. The molecule has 13 nitrogen and oxygen atoms in total. The number of carbonyl (C=O) groups excluding carboxylic acids is 4. The molecule has 13 atom stereocenters. The molecule has 4 aliphatic carbocycles. The summed E-state index contributed by atoms with van der Waals surface area (Å²) in [5, 5.41) is 64.6. The van der Waals surface area contributed by atoms with Crippen molar-refractivity contribution in [1.82, 2.24) is 0 Å². The summed E-state index contributed by atoms with van der Waals surface area (Å²) in [6, 6.07) is 0. The zero-order valence-corrected chi connectivity index (χ0v) is 30.9. The van der Waals surface area contributed by atoms with Crippen LogP contribution in [0.2, 0.25) is 0 Å². The Morgan fingerprint density at radius 3 is 2.22 bits per heavy atom. The lowest BCUT2D eigenvalue weighted by Crippen LogP contribution is -2.64. The van der Waals surface area contributed by atoms with Crippen LogP contribution in [0.4, 0.5) is 0 Å². The third-order valence-corrected chi connectivity index (χ3v) is 13.3. The number of ketones is 3. The van der Waals surface area contributed by atoms with E-state index in [1.54, 1.807) is 33.8 Å². The molecule has 0 spiro atoms. The van der Waals surface area contributed by atoms with E-state index < -0.39 is 112 Å². The van der Waals surface area contributed by atoms with Crippen molar-refractivity contribution in [1.29, 1.82) is 0 Å². The van der Waals surface area contributed by atoms with Crippen molar-refractivity contribution in [3.05, 3.63) is 35.6 Å². The van der Waals surface area contributed by atoms with E-state index in [9.17, 15) is 49.8 Å². The standard InChI is InChI=1S/C38H54O13/c1-18(40)51-33(2,3)13-12-25(42)38(9,48)30-21(41)15-35(6)24-11-10-19-20(37(24,8)26(43)16-36(30,35)7)14-22(31(47)34(19,4)5)49-32-29(46)28(45)27(44)23(17-39)50-32/h10,12-14,20-21,23-24,27-30,32,39,41,44-46,48H,11,15-17H2,1-9H3/t20-,21-,23-,24+,27-,28+,29-,30+,32-,35+,36-,37+,38+/m1/s1. The number of aliphatic hydroxyl groups excluding tert-OH is 5. The second-order valence-electron chi connectivity index (χ2n) is 17.2. The van der Waals surface area contributed by atoms with Gasteiger partial charge in [0.2, 0.25) is 12.1 Å². The van der Waals surface area contributed by atoms with Crippen molar-refractivity contribution in [3.8, 4) is 0 Å². The Kier molecular flexibility index (Phi) is 9.80. The van der Waals surface area contributed by atoms with E-state index in [0.717, 1.165) is 6.08 Å². The maximum atomic E-state index is 14.8. The second-order valence-corrected chi connectivity index (χ2v) is 17.2. The van der Waals surface area contributed by atoms with E-state index in [2.05, 4.69) is 0 Å². The normalized spacial score (nSPS) is 43.3. The Morgan fingerprint density at radius 2 is 1.63 bits per heavy atom. The highest BCUT2D eigenvalue weighted by Crippen LogP contribution is 2.73. The molecule has 3 fully saturated rings. The van der Waals surface area contributed by atoms with Crippen LogP contribution in [0.5, 0.6) is 0 Å². The number of hydrogen-bond donors (Lipinski definition) is 6. The van der Waals surface area contributed by atoms with E-state index in [4.69, 9.17) is 14.2 Å². The van der Waals surface area contributed by atoms with Crippen molar-refractivity contribution < 1.29 is 64.0 Å². The maximum absolute atomic E-state index is 14.8. The van der Waals surface area contributed by atoms with Gasteiger partial charge in [-0.1, -0.05) is 32.4 Å². The lowest BCUT2D eigenvalue weighted by Gasteiger charge is -2.63. The Hall–Kier alpha value is -2.78. The molecule has 1 heterocycles. The van der Waals surface area contributed by atoms with Gasteiger partial charge in [-0.15, -0.1) is 0 Å². The van der Waals surface area contributed by atoms with Crippen LogP contribution in [0.15, 0.2) is 35.6 Å². The average Bonchev–Trinajstić information content (AvgIpc) is 3.22. The number of allylic oxidation sites excluding steroid dienone is 4. The van der Waals surface area contributed by atoms with Gasteiger partial charge in [0, 0.05) is 30.6 Å². The van der Waals surface area contributed by atoms with Crippen LogP contribution in [0, 0.1) is 39.4 Å². The summed E-state index contributed by atoms with van der Waals surface area (Å²) in [6.45, 7) is 14.2. The highest BCUT2D eigenvalue weighted by Gasteiger charge is 2.74. The quantitative estimate of drug-likeness (QED) is 0.119. The van der Waals surface area contributed by atoms with Gasteiger partial charge in [0.25, 0.3) is 0 Å². The number of ether oxygens (including phenoxy) is 3. The number of esters is 1. The Bertz CT molecular complexity index is 1570. The molecule has 5 rings (SSSR count). The first-order valence-electron chi connectivity index (χ1n) is 17.6. The fraction of sp³-hybridized carbons (Fsp3) is 0.737. The molecule has 1 saturated heterocycles. The molecule has 0 unspecified atom stereocenters. The highest BCUT2D eigenvalue weighted by atomic mass is 16.7. The Balaban J connectivity index is 1.52. The first-order chi connectivity index (χ1) is 23.3. The second kappa shape index (κ2) is 12.7. The van der Waals surface area contributed by atoms with Crippen LogP contribution in [0.3, 0.4) is 0 Å². The zero-order chi connectivity index (χ0) is 38.4. The third-order valence-electron chi connectivity index (χ3n) is 13.3. The molecule has 0 amide bonds. The number of fused-ring (bicyclic) bond motifs is 5. The third kappa shape index (κ3) is 5.87. The van der Waals surface area contributed by atoms with Crippen molar-refractivity contribution >= 4 is 23.3 Å². The van der Waals surface area contributed by atoms with Crippen LogP contribution in [-0.2, 0) is 33.4 Å². The molecular formula is C38H54O13. The van der Waals surface area contributed by atoms with Gasteiger partial charge < -0.3 is 44.8 Å². The minimum atomic E-state index is -2.09. The largest absolute Gasteiger partial charge is 0.459 e. The molecule has 1 aliphatic heterocycles. The van der Waals surface area contributed by atoms with Crippen molar-refractivity contribution in [2.75, 3.05) is 6.61 Å². The van der Waals surface area contributed by atoms with Gasteiger partial charge in [0.1, 0.15) is 41.4 Å². The Morgan fingerprint density at radius 1 is 1.00 bits per heavy atom. The highest BCUT2D eigenvalue weighted by molar-refractivity contribution is 6.02. The van der Waals surface area contributed by atoms with Crippen molar-refractivity contribution in [2.24, 2.45) is 39.4 Å². The molecule has 0 aromatic heterocycles. The molecular weight excluding hydrogens is 664 g/mol. The first-order valence-corrected chi connectivity index (χ1v) is 17.6. The fourth-order valence-electron chi connectivity index (χ4n) is 10.3. The number of carbonyl (C=O) groups is 4. The minimum Gasteiger partial charge on any atom is -0.459 e. The average molecular weight is 719 g/mol. The Labute approximate surface area is 298 Å². The van der Waals surface area contributed by atoms with Gasteiger partial charge in [-0.25, -0.2) is 0 Å². The summed E-state index contributed by atoms with van der Waals surface area (Å²) < 4.78 is 16.7. The van der Waals surface area contributed by atoms with Crippen LogP contribution >= 0.6 is 0 Å². The molecule has 284 valence electrons. The smallest absolute Gasteiger partial charge is 0.303 e. The van der Waals surface area contributed by atoms with Crippen LogP contribution in [-0.4, -0.2) is 109 Å². The van der Waals surface area contributed by atoms with Gasteiger partial charge in [0.15, 0.2) is 11.5 Å². The summed E-state index contributed by atoms with van der Waals surface area (Å²) in [6.07, 6.45) is -2.57. The summed E-state index contributed by atoms with van der Waals surface area (Å²) in [4.78, 5) is 53.9. The minimum absolute atomic E-state index is 0.0841.